The van der Waals surface area contributed by atoms with E-state index in [9.17, 15) is 4.79 Å². The van der Waals surface area contributed by atoms with Crippen molar-refractivity contribution in [2.45, 2.75) is 44.3 Å². The molecule has 3 aliphatic rings. The van der Waals surface area contributed by atoms with Gasteiger partial charge in [-0.1, -0.05) is 42.0 Å². The number of amides is 1. The van der Waals surface area contributed by atoms with E-state index < -0.39 is 0 Å². The van der Waals surface area contributed by atoms with Crippen LogP contribution >= 0.6 is 0 Å². The molecule has 4 nitrogen and oxygen atoms in total. The Kier molecular flexibility index (Phi) is 4.20. The van der Waals surface area contributed by atoms with Crippen LogP contribution in [0, 0.1) is 12.8 Å². The van der Waals surface area contributed by atoms with Gasteiger partial charge in [0.05, 0.1) is 7.11 Å². The molecule has 2 aromatic carbocycles. The van der Waals surface area contributed by atoms with E-state index >= 15 is 0 Å². The van der Waals surface area contributed by atoms with Crippen molar-refractivity contribution in [3.8, 4) is 5.75 Å². The molecule has 1 spiro atoms. The van der Waals surface area contributed by atoms with Crippen molar-refractivity contribution >= 4 is 5.91 Å². The second-order valence-corrected chi connectivity index (χ2v) is 8.61. The second kappa shape index (κ2) is 6.63. The van der Waals surface area contributed by atoms with Crippen LogP contribution in [0.2, 0.25) is 0 Å². The highest BCUT2D eigenvalue weighted by Gasteiger charge is 2.64. The molecule has 3 atom stereocenters. The van der Waals surface area contributed by atoms with Crippen LogP contribution in [0.4, 0.5) is 0 Å². The van der Waals surface area contributed by atoms with Crippen LogP contribution in [0.3, 0.4) is 0 Å². The smallest absolute Gasteiger partial charge is 0.243 e. The van der Waals surface area contributed by atoms with Crippen LogP contribution < -0.4 is 4.74 Å². The molecule has 3 saturated heterocycles. The van der Waals surface area contributed by atoms with Crippen LogP contribution in [0.5, 0.6) is 5.75 Å². The number of nitrogens with zero attached hydrogens (tertiary/aromatic N) is 2. The van der Waals surface area contributed by atoms with Crippen LogP contribution in [0.1, 0.15) is 42.0 Å². The maximum Gasteiger partial charge on any atom is 0.243 e. The minimum absolute atomic E-state index is 0.262. The van der Waals surface area contributed by atoms with Gasteiger partial charge < -0.3 is 9.64 Å². The Bertz CT molecular complexity index is 876. The highest BCUT2D eigenvalue weighted by Crippen LogP contribution is 2.56. The van der Waals surface area contributed by atoms with E-state index in [1.807, 2.05) is 12.1 Å². The van der Waals surface area contributed by atoms with Gasteiger partial charge in [-0.05, 0) is 56.0 Å². The number of benzene rings is 2. The minimum Gasteiger partial charge on any atom is -0.497 e. The Morgan fingerprint density at radius 2 is 1.86 bits per heavy atom. The van der Waals surface area contributed by atoms with Gasteiger partial charge in [0.15, 0.2) is 0 Å². The number of likely N-dealkylation sites (tertiary alicyclic amines) is 1. The molecule has 1 amide bonds. The molecule has 28 heavy (non-hydrogen) atoms. The number of carbonyl (C=O) groups excluding carboxylic acids is 1. The number of methoxy groups -OCH3 is 1. The summed E-state index contributed by atoms with van der Waals surface area (Å²) in [7, 11) is 1.68. The summed E-state index contributed by atoms with van der Waals surface area (Å²) in [5, 5.41) is 0. The topological polar surface area (TPSA) is 32.8 Å². The summed E-state index contributed by atoms with van der Waals surface area (Å²) in [6, 6.07) is 17.4. The summed E-state index contributed by atoms with van der Waals surface area (Å²) in [5.41, 5.74) is 3.57. The Hall–Kier alpha value is -2.33. The van der Waals surface area contributed by atoms with Crippen molar-refractivity contribution in [2.75, 3.05) is 20.2 Å². The van der Waals surface area contributed by atoms with E-state index in [0.717, 1.165) is 38.1 Å². The SMILES string of the molecule is COc1ccc(CN2C[C@@H]3C[C@@H](c4ccc(C)cc4)N4CCC[C@@]34C2=O)cc1. The predicted octanol–water partition coefficient (Wildman–Crippen LogP) is 3.94. The third-order valence-electron chi connectivity index (χ3n) is 7.12. The molecule has 3 aliphatic heterocycles. The van der Waals surface area contributed by atoms with Crippen molar-refractivity contribution in [3.05, 3.63) is 65.2 Å². The number of aryl methyl sites for hydroxylation is 1. The summed E-state index contributed by atoms with van der Waals surface area (Å²) in [5.74, 6) is 1.64. The fraction of sp³-hybridized carbons (Fsp3) is 0.458. The van der Waals surface area contributed by atoms with Gasteiger partial charge >= 0.3 is 0 Å². The van der Waals surface area contributed by atoms with E-state index in [4.69, 9.17) is 4.74 Å². The number of ether oxygens (including phenoxy) is 1. The van der Waals surface area contributed by atoms with Crippen molar-refractivity contribution in [1.82, 2.24) is 9.80 Å². The maximum absolute atomic E-state index is 13.6. The van der Waals surface area contributed by atoms with Gasteiger partial charge in [-0.15, -0.1) is 0 Å². The summed E-state index contributed by atoms with van der Waals surface area (Å²) in [4.78, 5) is 18.2. The first-order valence-electron chi connectivity index (χ1n) is 10.4. The first-order valence-corrected chi connectivity index (χ1v) is 10.4. The average molecular weight is 377 g/mol. The minimum atomic E-state index is -0.262. The molecule has 0 saturated carbocycles. The lowest BCUT2D eigenvalue weighted by molar-refractivity contribution is -0.137. The molecule has 3 heterocycles. The summed E-state index contributed by atoms with van der Waals surface area (Å²) >= 11 is 0. The van der Waals surface area contributed by atoms with Gasteiger partial charge in [0.25, 0.3) is 0 Å². The van der Waals surface area contributed by atoms with Crippen LogP contribution in [-0.2, 0) is 11.3 Å². The lowest BCUT2D eigenvalue weighted by Crippen LogP contribution is -2.49. The normalized spacial score (nSPS) is 29.2. The van der Waals surface area contributed by atoms with E-state index in [1.165, 1.54) is 16.7 Å². The number of carbonyl (C=O) groups is 1. The fourth-order valence-electron chi connectivity index (χ4n) is 5.77. The molecule has 4 heteroatoms. The highest BCUT2D eigenvalue weighted by atomic mass is 16.5. The van der Waals surface area contributed by atoms with E-state index in [1.54, 1.807) is 7.11 Å². The molecule has 3 fully saturated rings. The monoisotopic (exact) mass is 376 g/mol. The second-order valence-electron chi connectivity index (χ2n) is 8.61. The third-order valence-corrected chi connectivity index (χ3v) is 7.12. The predicted molar refractivity (Wildman–Crippen MR) is 109 cm³/mol. The Morgan fingerprint density at radius 3 is 2.57 bits per heavy atom. The zero-order chi connectivity index (χ0) is 19.3. The summed E-state index contributed by atoms with van der Waals surface area (Å²) < 4.78 is 5.25. The largest absolute Gasteiger partial charge is 0.497 e. The molecule has 146 valence electrons. The van der Waals surface area contributed by atoms with Crippen LogP contribution in [0.15, 0.2) is 48.5 Å². The average Bonchev–Trinajstić information content (AvgIpc) is 3.34. The molecular formula is C24H28N2O2. The molecule has 0 radical (unpaired) electrons. The van der Waals surface area contributed by atoms with E-state index in [2.05, 4.69) is 53.1 Å². The Labute approximate surface area is 167 Å². The third kappa shape index (κ3) is 2.58. The van der Waals surface area contributed by atoms with Gasteiger partial charge in [0, 0.05) is 25.0 Å². The standard InChI is InChI=1S/C24H28N2O2/c1-17-4-8-19(9-5-17)22-14-20-16-25(15-18-6-10-21(28-2)11-7-18)23(27)24(20)12-3-13-26(22)24/h4-11,20,22H,3,12-16H2,1-2H3/t20-,22-,24-/m0/s1. The molecule has 0 aromatic heterocycles. The number of hydrogen-bond donors (Lipinski definition) is 0. The molecule has 0 N–H and O–H groups in total. The maximum atomic E-state index is 13.6. The number of hydrogen-bond acceptors (Lipinski definition) is 3. The van der Waals surface area contributed by atoms with Crippen LogP contribution in [-0.4, -0.2) is 41.4 Å². The number of rotatable bonds is 4. The summed E-state index contributed by atoms with van der Waals surface area (Å²) in [6.45, 7) is 4.75. The quantitative estimate of drug-likeness (QED) is 0.810. The van der Waals surface area contributed by atoms with Crippen molar-refractivity contribution < 1.29 is 9.53 Å². The van der Waals surface area contributed by atoms with Crippen molar-refractivity contribution in [3.63, 3.8) is 0 Å². The van der Waals surface area contributed by atoms with Gasteiger partial charge in [-0.3, -0.25) is 9.69 Å². The summed E-state index contributed by atoms with van der Waals surface area (Å²) in [6.07, 6.45) is 3.23. The van der Waals surface area contributed by atoms with Crippen molar-refractivity contribution in [2.24, 2.45) is 5.92 Å². The molecular weight excluding hydrogens is 348 g/mol. The fourth-order valence-corrected chi connectivity index (χ4v) is 5.77. The molecule has 2 aromatic rings. The first kappa shape index (κ1) is 17.7. The molecule has 5 rings (SSSR count). The lowest BCUT2D eigenvalue weighted by Gasteiger charge is -2.33. The van der Waals surface area contributed by atoms with Crippen LogP contribution in [0.25, 0.3) is 0 Å². The molecule has 0 unspecified atom stereocenters. The van der Waals surface area contributed by atoms with E-state index in [-0.39, 0.29) is 5.54 Å². The lowest BCUT2D eigenvalue weighted by atomic mass is 9.85. The zero-order valence-corrected chi connectivity index (χ0v) is 16.7. The van der Waals surface area contributed by atoms with E-state index in [0.29, 0.717) is 24.4 Å². The zero-order valence-electron chi connectivity index (χ0n) is 16.7. The first-order chi connectivity index (χ1) is 13.6. The van der Waals surface area contributed by atoms with Gasteiger partial charge in [0.2, 0.25) is 5.91 Å². The van der Waals surface area contributed by atoms with Gasteiger partial charge in [-0.25, -0.2) is 0 Å². The molecule has 0 bridgehead atoms. The highest BCUT2D eigenvalue weighted by molar-refractivity contribution is 5.90. The Morgan fingerprint density at radius 1 is 1.11 bits per heavy atom. The molecule has 0 aliphatic carbocycles. The Balaban J connectivity index is 1.38. The van der Waals surface area contributed by atoms with Gasteiger partial charge in [0.1, 0.15) is 11.3 Å². The van der Waals surface area contributed by atoms with Crippen molar-refractivity contribution in [1.29, 1.82) is 0 Å². The van der Waals surface area contributed by atoms with Gasteiger partial charge in [-0.2, -0.15) is 0 Å².